The van der Waals surface area contributed by atoms with Crippen LogP contribution in [-0.4, -0.2) is 39.1 Å². The van der Waals surface area contributed by atoms with Gasteiger partial charge in [-0.05, 0) is 45.0 Å². The van der Waals surface area contributed by atoms with E-state index in [1.807, 2.05) is 6.92 Å². The van der Waals surface area contributed by atoms with E-state index in [9.17, 15) is 13.2 Å². The Morgan fingerprint density at radius 3 is 1.97 bits per heavy atom. The van der Waals surface area contributed by atoms with Gasteiger partial charge < -0.3 is 23.1 Å². The van der Waals surface area contributed by atoms with Crippen molar-refractivity contribution in [2.75, 3.05) is 12.9 Å². The SMILES string of the molecule is CCOC(=O)C(C)(C)Oc1cccc(OC(CC)Oc2cccc(OS(C)(=O)=O)c2)c1. The fraction of sp³-hybridized carbons (Fsp3) is 0.409. The van der Waals surface area contributed by atoms with Crippen LogP contribution in [0.4, 0.5) is 0 Å². The molecule has 170 valence electrons. The van der Waals surface area contributed by atoms with Gasteiger partial charge in [0.15, 0.2) is 5.60 Å². The molecule has 0 aliphatic carbocycles. The lowest BCUT2D eigenvalue weighted by molar-refractivity contribution is -0.158. The molecule has 0 saturated heterocycles. The van der Waals surface area contributed by atoms with Gasteiger partial charge in [-0.3, -0.25) is 0 Å². The molecule has 0 aliphatic heterocycles. The van der Waals surface area contributed by atoms with Crippen LogP contribution < -0.4 is 18.4 Å². The predicted molar refractivity (Wildman–Crippen MR) is 115 cm³/mol. The number of carbonyl (C=O) groups is 1. The van der Waals surface area contributed by atoms with Crippen molar-refractivity contribution in [2.24, 2.45) is 0 Å². The lowest BCUT2D eigenvalue weighted by Gasteiger charge is -2.25. The Balaban J connectivity index is 2.08. The highest BCUT2D eigenvalue weighted by Gasteiger charge is 2.31. The van der Waals surface area contributed by atoms with E-state index in [1.54, 1.807) is 57.2 Å². The van der Waals surface area contributed by atoms with Crippen LogP contribution in [0.2, 0.25) is 0 Å². The molecule has 0 fully saturated rings. The quantitative estimate of drug-likeness (QED) is 0.287. The van der Waals surface area contributed by atoms with Crippen molar-refractivity contribution in [3.05, 3.63) is 48.5 Å². The van der Waals surface area contributed by atoms with Crippen LogP contribution in [0.5, 0.6) is 23.0 Å². The number of carbonyl (C=O) groups excluding carboxylic acids is 1. The summed E-state index contributed by atoms with van der Waals surface area (Å²) in [6.07, 6.45) is 0.828. The van der Waals surface area contributed by atoms with Crippen molar-refractivity contribution in [3.8, 4) is 23.0 Å². The first-order valence-corrected chi connectivity index (χ1v) is 11.6. The van der Waals surface area contributed by atoms with Gasteiger partial charge in [-0.2, -0.15) is 8.42 Å². The number of hydrogen-bond donors (Lipinski definition) is 0. The summed E-state index contributed by atoms with van der Waals surface area (Å²) in [5.41, 5.74) is -1.16. The highest BCUT2D eigenvalue weighted by atomic mass is 32.2. The Morgan fingerprint density at radius 2 is 1.45 bits per heavy atom. The van der Waals surface area contributed by atoms with Crippen LogP contribution in [0, 0.1) is 0 Å². The van der Waals surface area contributed by atoms with Crippen molar-refractivity contribution in [1.82, 2.24) is 0 Å². The van der Waals surface area contributed by atoms with Crippen LogP contribution in [0.25, 0.3) is 0 Å². The van der Waals surface area contributed by atoms with Crippen LogP contribution in [0.3, 0.4) is 0 Å². The van der Waals surface area contributed by atoms with Crippen LogP contribution >= 0.6 is 0 Å². The van der Waals surface area contributed by atoms with Crippen LogP contribution in [-0.2, 0) is 19.6 Å². The second-order valence-corrected chi connectivity index (χ2v) is 8.72. The summed E-state index contributed by atoms with van der Waals surface area (Å²) in [6, 6.07) is 13.1. The van der Waals surface area contributed by atoms with Crippen LogP contribution in [0.15, 0.2) is 48.5 Å². The van der Waals surface area contributed by atoms with Gasteiger partial charge in [0.05, 0.1) is 12.9 Å². The molecule has 2 aromatic carbocycles. The average molecular weight is 453 g/mol. The van der Waals surface area contributed by atoms with E-state index in [-0.39, 0.29) is 12.4 Å². The van der Waals surface area contributed by atoms with Crippen molar-refractivity contribution in [1.29, 1.82) is 0 Å². The van der Waals surface area contributed by atoms with Gasteiger partial charge in [-0.1, -0.05) is 19.1 Å². The lowest BCUT2D eigenvalue weighted by atomic mass is 10.1. The molecule has 0 radical (unpaired) electrons. The van der Waals surface area contributed by atoms with Gasteiger partial charge in [0.1, 0.15) is 23.0 Å². The number of ether oxygens (including phenoxy) is 4. The molecule has 0 aliphatic rings. The van der Waals surface area contributed by atoms with Crippen LogP contribution in [0.1, 0.15) is 34.1 Å². The predicted octanol–water partition coefficient (Wildman–Crippen LogP) is 3.94. The largest absolute Gasteiger partial charge is 0.476 e. The standard InChI is InChI=1S/C22H28O8S/c1-6-20(28-17-11-9-13-19(15-17)30-31(5,24)25)27-16-10-8-12-18(14-16)29-22(3,4)21(23)26-7-2/h8-15,20H,6-7H2,1-5H3. The third-order valence-corrected chi connectivity index (χ3v) is 4.36. The van der Waals surface area contributed by atoms with Gasteiger partial charge in [0.25, 0.3) is 0 Å². The molecule has 0 bridgehead atoms. The molecule has 1 atom stereocenters. The summed E-state index contributed by atoms with van der Waals surface area (Å²) in [5.74, 6) is 0.990. The fourth-order valence-corrected chi connectivity index (χ4v) is 2.97. The van der Waals surface area contributed by atoms with E-state index in [4.69, 9.17) is 23.1 Å². The van der Waals surface area contributed by atoms with Gasteiger partial charge >= 0.3 is 16.1 Å². The first-order chi connectivity index (χ1) is 14.5. The fourth-order valence-electron chi connectivity index (χ4n) is 2.52. The summed E-state index contributed by atoms with van der Waals surface area (Å²) in [5, 5.41) is 0. The van der Waals surface area contributed by atoms with E-state index >= 15 is 0 Å². The van der Waals surface area contributed by atoms with E-state index in [2.05, 4.69) is 0 Å². The molecule has 2 rings (SSSR count). The van der Waals surface area contributed by atoms with Gasteiger partial charge in [0.2, 0.25) is 6.29 Å². The number of rotatable bonds is 11. The zero-order valence-electron chi connectivity index (χ0n) is 18.3. The number of esters is 1. The zero-order valence-corrected chi connectivity index (χ0v) is 19.1. The molecule has 1 unspecified atom stereocenters. The Morgan fingerprint density at radius 1 is 0.935 bits per heavy atom. The molecule has 0 spiro atoms. The normalized spacial score (nSPS) is 12.5. The highest BCUT2D eigenvalue weighted by Crippen LogP contribution is 2.27. The molecule has 0 heterocycles. The van der Waals surface area contributed by atoms with Gasteiger partial charge in [-0.25, -0.2) is 4.79 Å². The summed E-state index contributed by atoms with van der Waals surface area (Å²) >= 11 is 0. The zero-order chi connectivity index (χ0) is 23.1. The topological polar surface area (TPSA) is 97.4 Å². The molecular weight excluding hydrogens is 424 g/mol. The Kier molecular flexibility index (Phi) is 8.15. The lowest BCUT2D eigenvalue weighted by Crippen LogP contribution is -2.39. The number of benzene rings is 2. The summed E-state index contributed by atoms with van der Waals surface area (Å²) in [4.78, 5) is 12.0. The van der Waals surface area contributed by atoms with Crippen molar-refractivity contribution in [2.45, 2.75) is 46.0 Å². The molecule has 8 nitrogen and oxygen atoms in total. The molecule has 0 saturated carbocycles. The van der Waals surface area contributed by atoms with Gasteiger partial charge in [0, 0.05) is 18.6 Å². The smallest absolute Gasteiger partial charge is 0.349 e. The third kappa shape index (κ3) is 8.01. The summed E-state index contributed by atoms with van der Waals surface area (Å²) in [6.45, 7) is 7.13. The van der Waals surface area contributed by atoms with E-state index < -0.39 is 28.0 Å². The molecule has 31 heavy (non-hydrogen) atoms. The maximum absolute atomic E-state index is 12.0. The minimum atomic E-state index is -3.64. The maximum Gasteiger partial charge on any atom is 0.349 e. The maximum atomic E-state index is 12.0. The molecule has 9 heteroatoms. The second kappa shape index (κ2) is 10.4. The minimum absolute atomic E-state index is 0.145. The first kappa shape index (κ1) is 24.3. The van der Waals surface area contributed by atoms with Crippen molar-refractivity contribution in [3.63, 3.8) is 0 Å². The first-order valence-electron chi connectivity index (χ1n) is 9.81. The number of hydrogen-bond acceptors (Lipinski definition) is 8. The van der Waals surface area contributed by atoms with Crippen molar-refractivity contribution >= 4 is 16.1 Å². The summed E-state index contributed by atoms with van der Waals surface area (Å²) < 4.78 is 50.0. The molecule has 0 N–H and O–H groups in total. The van der Waals surface area contributed by atoms with Crippen molar-refractivity contribution < 1.29 is 36.3 Å². The molecule has 2 aromatic rings. The van der Waals surface area contributed by atoms with E-state index in [1.165, 1.54) is 12.1 Å². The molecule has 0 amide bonds. The average Bonchev–Trinajstić information content (AvgIpc) is 2.66. The Bertz CT molecular complexity index is 985. The van der Waals surface area contributed by atoms with E-state index in [0.29, 0.717) is 23.7 Å². The van der Waals surface area contributed by atoms with Gasteiger partial charge in [-0.15, -0.1) is 0 Å². The second-order valence-electron chi connectivity index (χ2n) is 7.14. The Hall–Kier alpha value is -2.94. The molecular formula is C22H28O8S. The minimum Gasteiger partial charge on any atom is -0.476 e. The highest BCUT2D eigenvalue weighted by molar-refractivity contribution is 7.86. The summed E-state index contributed by atoms with van der Waals surface area (Å²) in [7, 11) is -3.64. The third-order valence-electron chi connectivity index (χ3n) is 3.87. The van der Waals surface area contributed by atoms with E-state index in [0.717, 1.165) is 6.26 Å². The molecule has 0 aromatic heterocycles. The Labute approximate surface area is 183 Å². The monoisotopic (exact) mass is 452 g/mol.